The quantitative estimate of drug-likeness (QED) is 0.609. The van der Waals surface area contributed by atoms with Crippen molar-refractivity contribution in [2.24, 2.45) is 4.74 Å². The van der Waals surface area contributed by atoms with Gasteiger partial charge in [-0.2, -0.15) is 0 Å². The molecule has 114 valence electrons. The van der Waals surface area contributed by atoms with Gasteiger partial charge in [-0.25, -0.2) is 4.79 Å². The van der Waals surface area contributed by atoms with Gasteiger partial charge in [0.15, 0.2) is 11.8 Å². The van der Waals surface area contributed by atoms with Gasteiger partial charge in [0.25, 0.3) is 0 Å². The van der Waals surface area contributed by atoms with Gasteiger partial charge in [-0.05, 0) is 32.5 Å². The van der Waals surface area contributed by atoms with Crippen molar-refractivity contribution in [1.82, 2.24) is 4.90 Å². The number of hydrogen-bond acceptors (Lipinski definition) is 6. The number of likely N-dealkylation sites (N-methyl/N-ethyl adjacent to an activating group) is 1. The van der Waals surface area contributed by atoms with E-state index in [2.05, 4.69) is 9.64 Å². The van der Waals surface area contributed by atoms with Gasteiger partial charge in [0.05, 0.1) is 0 Å². The Morgan fingerprint density at radius 3 is 2.81 bits per heavy atom. The first-order valence-corrected chi connectivity index (χ1v) is 7.97. The fraction of sp³-hybridized carbons (Fsp3) is 0.500. The number of hydrogen-bond donors (Lipinski definition) is 0. The van der Waals surface area contributed by atoms with E-state index in [9.17, 15) is 9.69 Å². The fourth-order valence-electron chi connectivity index (χ4n) is 2.04. The molecule has 0 spiro atoms. The third-order valence-electron chi connectivity index (χ3n) is 3.17. The molecule has 7 heteroatoms. The zero-order valence-corrected chi connectivity index (χ0v) is 13.0. The third kappa shape index (κ3) is 5.08. The summed E-state index contributed by atoms with van der Waals surface area (Å²) in [5.41, 5.74) is 0. The normalized spacial score (nSPS) is 21.1. The van der Waals surface area contributed by atoms with E-state index < -0.39 is 20.2 Å². The van der Waals surface area contributed by atoms with Gasteiger partial charge in [0, 0.05) is 13.1 Å². The number of benzene rings is 1. The SMILES string of the molecule is C[C@H](N=[P+]([O-])Oc1ccccc1)C(=O)OC1CCN(C)C1. The molecule has 2 rings (SSSR count). The zero-order chi connectivity index (χ0) is 15.2. The number of rotatable bonds is 5. The van der Waals surface area contributed by atoms with Gasteiger partial charge >= 0.3 is 14.1 Å². The Kier molecular flexibility index (Phi) is 5.67. The minimum Gasteiger partial charge on any atom is -0.575 e. The van der Waals surface area contributed by atoms with Crippen LogP contribution >= 0.6 is 8.17 Å². The third-order valence-corrected chi connectivity index (χ3v) is 4.07. The van der Waals surface area contributed by atoms with Crippen molar-refractivity contribution >= 4 is 14.1 Å². The maximum absolute atomic E-state index is 11.9. The summed E-state index contributed by atoms with van der Waals surface area (Å²) in [5, 5.41) is 0. The first-order chi connectivity index (χ1) is 10.0. The molecule has 0 bridgehead atoms. The Morgan fingerprint density at radius 2 is 2.19 bits per heavy atom. The van der Waals surface area contributed by atoms with Gasteiger partial charge in [-0.3, -0.25) is 4.52 Å². The van der Waals surface area contributed by atoms with Gasteiger partial charge < -0.3 is 14.5 Å². The van der Waals surface area contributed by atoms with Crippen LogP contribution in [-0.2, 0) is 9.53 Å². The molecule has 21 heavy (non-hydrogen) atoms. The number of esters is 1. The predicted molar refractivity (Wildman–Crippen MR) is 77.9 cm³/mol. The molecule has 1 aromatic rings. The number of likely N-dealkylation sites (tertiary alicyclic amines) is 1. The van der Waals surface area contributed by atoms with Crippen LogP contribution in [0.2, 0.25) is 0 Å². The van der Waals surface area contributed by atoms with Crippen molar-refractivity contribution < 1.29 is 18.9 Å². The summed E-state index contributed by atoms with van der Waals surface area (Å²) in [7, 11) is -0.313. The van der Waals surface area contributed by atoms with E-state index in [-0.39, 0.29) is 6.10 Å². The molecular weight excluding hydrogens is 291 g/mol. The molecule has 1 aliphatic rings. The summed E-state index contributed by atoms with van der Waals surface area (Å²) in [6.07, 6.45) is 0.717. The highest BCUT2D eigenvalue weighted by atomic mass is 31.1. The average Bonchev–Trinajstić information content (AvgIpc) is 2.85. The zero-order valence-electron chi connectivity index (χ0n) is 12.1. The average molecular weight is 310 g/mol. The minimum absolute atomic E-state index is 0.104. The molecule has 1 aliphatic heterocycles. The lowest BCUT2D eigenvalue weighted by Crippen LogP contribution is -2.27. The largest absolute Gasteiger partial charge is 0.575 e. The molecule has 0 N–H and O–H groups in total. The molecule has 0 aliphatic carbocycles. The van der Waals surface area contributed by atoms with Gasteiger partial charge in [-0.15, -0.1) is 0 Å². The Morgan fingerprint density at radius 1 is 1.48 bits per heavy atom. The number of nitrogens with zero attached hydrogens (tertiary/aromatic N) is 2. The van der Waals surface area contributed by atoms with E-state index in [1.165, 1.54) is 0 Å². The molecule has 1 aromatic carbocycles. The monoisotopic (exact) mass is 310 g/mol. The number of carbonyl (C=O) groups is 1. The Balaban J connectivity index is 1.85. The van der Waals surface area contributed by atoms with Crippen LogP contribution in [0.4, 0.5) is 0 Å². The first-order valence-electron chi connectivity index (χ1n) is 6.84. The van der Waals surface area contributed by atoms with Gasteiger partial charge in [0.1, 0.15) is 6.10 Å². The maximum Gasteiger partial charge on any atom is 0.395 e. The maximum atomic E-state index is 11.9. The summed E-state index contributed by atoms with van der Waals surface area (Å²) in [6.45, 7) is 3.20. The molecule has 0 saturated carbocycles. The molecule has 0 aromatic heterocycles. The summed E-state index contributed by atoms with van der Waals surface area (Å²) < 4.78 is 14.3. The molecule has 6 nitrogen and oxygen atoms in total. The van der Waals surface area contributed by atoms with Gasteiger partial charge in [0.2, 0.25) is 0 Å². The van der Waals surface area contributed by atoms with E-state index in [1.54, 1.807) is 31.2 Å². The van der Waals surface area contributed by atoms with Crippen molar-refractivity contribution in [2.75, 3.05) is 20.1 Å². The van der Waals surface area contributed by atoms with E-state index in [4.69, 9.17) is 9.26 Å². The Hall–Kier alpha value is -1.49. The van der Waals surface area contributed by atoms with Crippen molar-refractivity contribution in [3.05, 3.63) is 30.3 Å². The van der Waals surface area contributed by atoms with Crippen molar-refractivity contribution in [1.29, 1.82) is 0 Å². The van der Waals surface area contributed by atoms with Crippen LogP contribution in [0.25, 0.3) is 0 Å². The van der Waals surface area contributed by atoms with Crippen LogP contribution in [-0.4, -0.2) is 43.2 Å². The number of carbonyl (C=O) groups excluding carboxylic acids is 1. The smallest absolute Gasteiger partial charge is 0.395 e. The lowest BCUT2D eigenvalue weighted by atomic mass is 10.3. The highest BCUT2D eigenvalue weighted by molar-refractivity contribution is 7.34. The second-order valence-corrected chi connectivity index (χ2v) is 5.93. The lowest BCUT2D eigenvalue weighted by Gasteiger charge is -2.13. The first kappa shape index (κ1) is 15.9. The second-order valence-electron chi connectivity index (χ2n) is 5.04. The van der Waals surface area contributed by atoms with Crippen LogP contribution in [0.5, 0.6) is 5.75 Å². The predicted octanol–water partition coefficient (Wildman–Crippen LogP) is 1.56. The molecule has 1 saturated heterocycles. The minimum atomic E-state index is -2.29. The molecule has 0 amide bonds. The highest BCUT2D eigenvalue weighted by Crippen LogP contribution is 2.24. The molecular formula is C14H19N2O4P. The number of para-hydroxylation sites is 1. The van der Waals surface area contributed by atoms with E-state index in [0.29, 0.717) is 5.75 Å². The van der Waals surface area contributed by atoms with Crippen LogP contribution < -0.4 is 9.42 Å². The highest BCUT2D eigenvalue weighted by Gasteiger charge is 2.26. The van der Waals surface area contributed by atoms with Crippen molar-refractivity contribution in [3.8, 4) is 5.75 Å². The standard InChI is InChI=1S/C14H19N2O4P/c1-11(14(17)19-13-8-9-16(2)10-13)15-21(18)20-12-6-4-3-5-7-12/h3-7,11,13H,8-10H2,1-2H3/t11-,13?/m0/s1. The number of ether oxygens (including phenoxy) is 1. The molecule has 1 heterocycles. The van der Waals surface area contributed by atoms with Crippen molar-refractivity contribution in [3.63, 3.8) is 0 Å². The van der Waals surface area contributed by atoms with Gasteiger partial charge in [-0.1, -0.05) is 22.9 Å². The Bertz CT molecular complexity index is 509. The fourth-order valence-corrected chi connectivity index (χ4v) is 2.76. The topological polar surface area (TPSA) is 74.2 Å². The second kappa shape index (κ2) is 7.50. The Labute approximate surface area is 125 Å². The van der Waals surface area contributed by atoms with Crippen LogP contribution in [0.3, 0.4) is 0 Å². The summed E-state index contributed by atoms with van der Waals surface area (Å²) in [5.74, 6) is -0.00402. The molecule has 2 unspecified atom stereocenters. The molecule has 1 fully saturated rings. The van der Waals surface area contributed by atoms with Crippen LogP contribution in [0, 0.1) is 0 Å². The van der Waals surface area contributed by atoms with E-state index in [1.807, 2.05) is 13.1 Å². The van der Waals surface area contributed by atoms with E-state index in [0.717, 1.165) is 19.5 Å². The summed E-state index contributed by atoms with van der Waals surface area (Å²) in [4.78, 5) is 25.7. The van der Waals surface area contributed by atoms with Crippen LogP contribution in [0.1, 0.15) is 13.3 Å². The van der Waals surface area contributed by atoms with Crippen LogP contribution in [0.15, 0.2) is 35.1 Å². The molecule has 0 radical (unpaired) electrons. The summed E-state index contributed by atoms with van der Waals surface area (Å²) in [6, 6.07) is 7.93. The van der Waals surface area contributed by atoms with Crippen molar-refractivity contribution in [2.45, 2.75) is 25.5 Å². The van der Waals surface area contributed by atoms with E-state index >= 15 is 0 Å². The lowest BCUT2D eigenvalue weighted by molar-refractivity contribution is -0.170. The molecule has 3 atom stereocenters. The summed E-state index contributed by atoms with van der Waals surface area (Å²) >= 11 is 0.